The molecule has 0 saturated heterocycles. The Morgan fingerprint density at radius 3 is 2.10 bits per heavy atom. The van der Waals surface area contributed by atoms with Crippen molar-refractivity contribution in [1.29, 1.82) is 0 Å². The van der Waals surface area contributed by atoms with Gasteiger partial charge in [0.25, 0.3) is 0 Å². The van der Waals surface area contributed by atoms with Crippen LogP contribution in [0.4, 0.5) is 0 Å². The molecule has 0 unspecified atom stereocenters. The molecular weight excluding hydrogens is 421 g/mol. The summed E-state index contributed by atoms with van der Waals surface area (Å²) in [6.45, 7) is 4.70. The Morgan fingerprint density at radius 1 is 0.967 bits per heavy atom. The van der Waals surface area contributed by atoms with Crippen LogP contribution in [0.3, 0.4) is 0 Å². The van der Waals surface area contributed by atoms with Crippen molar-refractivity contribution >= 4 is 29.1 Å². The van der Waals surface area contributed by atoms with Crippen LogP contribution < -0.4 is 10.1 Å². The summed E-state index contributed by atoms with van der Waals surface area (Å²) in [6.07, 6.45) is 2.28. The molecule has 3 aromatic rings. The van der Waals surface area contributed by atoms with Gasteiger partial charge in [-0.15, -0.1) is 0 Å². The number of rotatable bonds is 8. The van der Waals surface area contributed by atoms with E-state index in [2.05, 4.69) is 15.3 Å². The molecule has 7 heteroatoms. The van der Waals surface area contributed by atoms with Gasteiger partial charge in [0.15, 0.2) is 0 Å². The topological polar surface area (TPSA) is 64.1 Å². The van der Waals surface area contributed by atoms with E-state index in [1.807, 2.05) is 62.4 Å². The van der Waals surface area contributed by atoms with Crippen molar-refractivity contribution in [1.82, 2.24) is 15.3 Å². The standard InChI is InChI=1S/C23H23Cl2N3O2/c1-15(2)23(29)26-12-3-13-30-20-14-27-21(16-4-8-18(24)9-5-16)22(28-20)17-6-10-19(25)11-7-17/h4-11,14-15H,3,12-13H2,1-2H3,(H,26,29). The molecule has 0 aliphatic rings. The molecule has 5 nitrogen and oxygen atoms in total. The predicted molar refractivity (Wildman–Crippen MR) is 121 cm³/mol. The first-order chi connectivity index (χ1) is 14.4. The molecule has 0 radical (unpaired) electrons. The molecule has 0 bridgehead atoms. The zero-order valence-corrected chi connectivity index (χ0v) is 18.4. The first-order valence-corrected chi connectivity index (χ1v) is 10.5. The highest BCUT2D eigenvalue weighted by Crippen LogP contribution is 2.31. The summed E-state index contributed by atoms with van der Waals surface area (Å²) in [5, 5.41) is 4.17. The fourth-order valence-electron chi connectivity index (χ4n) is 2.74. The zero-order chi connectivity index (χ0) is 21.5. The van der Waals surface area contributed by atoms with Crippen LogP contribution in [-0.2, 0) is 4.79 Å². The highest BCUT2D eigenvalue weighted by Gasteiger charge is 2.13. The number of carbonyl (C=O) groups excluding carboxylic acids is 1. The van der Waals surface area contributed by atoms with Gasteiger partial charge in [-0.05, 0) is 30.7 Å². The number of hydrogen-bond donors (Lipinski definition) is 1. The smallest absolute Gasteiger partial charge is 0.232 e. The minimum absolute atomic E-state index is 0.0286. The van der Waals surface area contributed by atoms with Gasteiger partial charge in [0.05, 0.1) is 18.5 Å². The third-order valence-corrected chi connectivity index (χ3v) is 4.88. The summed E-state index contributed by atoms with van der Waals surface area (Å²) in [6, 6.07) is 14.9. The van der Waals surface area contributed by atoms with Gasteiger partial charge in [-0.3, -0.25) is 4.79 Å². The lowest BCUT2D eigenvalue weighted by atomic mass is 10.0. The van der Waals surface area contributed by atoms with Crippen LogP contribution >= 0.6 is 23.2 Å². The zero-order valence-electron chi connectivity index (χ0n) is 16.9. The Labute approximate surface area is 186 Å². The number of nitrogens with one attached hydrogen (secondary N) is 1. The third-order valence-electron chi connectivity index (χ3n) is 4.38. The highest BCUT2D eigenvalue weighted by molar-refractivity contribution is 6.31. The van der Waals surface area contributed by atoms with E-state index in [4.69, 9.17) is 27.9 Å². The van der Waals surface area contributed by atoms with Crippen molar-refractivity contribution in [3.05, 3.63) is 64.8 Å². The number of hydrogen-bond acceptors (Lipinski definition) is 4. The number of amides is 1. The Morgan fingerprint density at radius 2 is 1.53 bits per heavy atom. The molecule has 30 heavy (non-hydrogen) atoms. The molecule has 1 amide bonds. The van der Waals surface area contributed by atoms with Crippen LogP contribution in [0.25, 0.3) is 22.5 Å². The minimum atomic E-state index is -0.0286. The van der Waals surface area contributed by atoms with E-state index >= 15 is 0 Å². The van der Waals surface area contributed by atoms with E-state index in [0.717, 1.165) is 16.8 Å². The Hall–Kier alpha value is -2.63. The number of halogens is 2. The Bertz CT molecular complexity index is 990. The SMILES string of the molecule is CC(C)C(=O)NCCCOc1cnc(-c2ccc(Cl)cc2)c(-c2ccc(Cl)cc2)n1. The van der Waals surface area contributed by atoms with E-state index in [1.54, 1.807) is 6.20 Å². The van der Waals surface area contributed by atoms with Crippen LogP contribution in [0.2, 0.25) is 10.0 Å². The van der Waals surface area contributed by atoms with Crippen LogP contribution in [0, 0.1) is 5.92 Å². The average Bonchev–Trinajstić information content (AvgIpc) is 2.74. The van der Waals surface area contributed by atoms with Crippen LogP contribution in [0.15, 0.2) is 54.7 Å². The fraction of sp³-hybridized carbons (Fsp3) is 0.261. The second-order valence-corrected chi connectivity index (χ2v) is 7.94. The first-order valence-electron chi connectivity index (χ1n) is 9.73. The van der Waals surface area contributed by atoms with Crippen molar-refractivity contribution in [2.45, 2.75) is 20.3 Å². The summed E-state index contributed by atoms with van der Waals surface area (Å²) in [4.78, 5) is 20.9. The second kappa shape index (κ2) is 10.4. The molecule has 1 heterocycles. The average molecular weight is 444 g/mol. The molecule has 1 N–H and O–H groups in total. The molecule has 2 aromatic carbocycles. The van der Waals surface area contributed by atoms with Gasteiger partial charge in [0, 0.05) is 33.6 Å². The van der Waals surface area contributed by atoms with Gasteiger partial charge in [-0.25, -0.2) is 9.97 Å². The van der Waals surface area contributed by atoms with E-state index in [0.29, 0.717) is 41.2 Å². The van der Waals surface area contributed by atoms with Crippen LogP contribution in [0.1, 0.15) is 20.3 Å². The van der Waals surface area contributed by atoms with Crippen molar-refractivity contribution < 1.29 is 9.53 Å². The monoisotopic (exact) mass is 443 g/mol. The van der Waals surface area contributed by atoms with Crippen molar-refractivity contribution in [3.63, 3.8) is 0 Å². The van der Waals surface area contributed by atoms with E-state index in [-0.39, 0.29) is 11.8 Å². The molecule has 0 fully saturated rings. The Balaban J connectivity index is 1.78. The summed E-state index contributed by atoms with van der Waals surface area (Å²) in [5.74, 6) is 0.430. The van der Waals surface area contributed by atoms with Gasteiger partial charge in [0.1, 0.15) is 5.69 Å². The summed E-state index contributed by atoms with van der Waals surface area (Å²) in [5.41, 5.74) is 3.21. The predicted octanol–water partition coefficient (Wildman–Crippen LogP) is 5.66. The normalized spacial score (nSPS) is 10.8. The molecule has 0 saturated carbocycles. The molecule has 0 spiro atoms. The van der Waals surface area contributed by atoms with Crippen molar-refractivity contribution in [2.24, 2.45) is 5.92 Å². The van der Waals surface area contributed by atoms with Gasteiger partial charge < -0.3 is 10.1 Å². The van der Waals surface area contributed by atoms with Gasteiger partial charge in [-0.2, -0.15) is 0 Å². The molecule has 1 aromatic heterocycles. The van der Waals surface area contributed by atoms with E-state index in [9.17, 15) is 4.79 Å². The third kappa shape index (κ3) is 5.94. The van der Waals surface area contributed by atoms with Gasteiger partial charge in [0.2, 0.25) is 11.8 Å². The van der Waals surface area contributed by atoms with E-state index in [1.165, 1.54) is 0 Å². The quantitative estimate of drug-likeness (QED) is 0.456. The second-order valence-electron chi connectivity index (χ2n) is 7.07. The highest BCUT2D eigenvalue weighted by atomic mass is 35.5. The number of aromatic nitrogens is 2. The van der Waals surface area contributed by atoms with Crippen molar-refractivity contribution in [2.75, 3.05) is 13.2 Å². The molecular formula is C23H23Cl2N3O2. The van der Waals surface area contributed by atoms with Crippen molar-refractivity contribution in [3.8, 4) is 28.4 Å². The van der Waals surface area contributed by atoms with Gasteiger partial charge in [-0.1, -0.05) is 61.3 Å². The number of ether oxygens (including phenoxy) is 1. The number of carbonyl (C=O) groups is 1. The molecule has 0 aliphatic heterocycles. The molecule has 156 valence electrons. The van der Waals surface area contributed by atoms with E-state index < -0.39 is 0 Å². The summed E-state index contributed by atoms with van der Waals surface area (Å²) in [7, 11) is 0. The molecule has 0 atom stereocenters. The number of benzene rings is 2. The van der Waals surface area contributed by atoms with Crippen LogP contribution in [-0.4, -0.2) is 29.0 Å². The number of nitrogens with zero attached hydrogens (tertiary/aromatic N) is 2. The Kier molecular flexibility index (Phi) is 7.66. The lowest BCUT2D eigenvalue weighted by Crippen LogP contribution is -2.29. The summed E-state index contributed by atoms with van der Waals surface area (Å²) >= 11 is 12.1. The maximum atomic E-state index is 11.6. The molecule has 0 aliphatic carbocycles. The lowest BCUT2D eigenvalue weighted by molar-refractivity contribution is -0.123. The largest absolute Gasteiger partial charge is 0.476 e. The molecule has 3 rings (SSSR count). The maximum absolute atomic E-state index is 11.6. The maximum Gasteiger partial charge on any atom is 0.232 e. The van der Waals surface area contributed by atoms with Gasteiger partial charge >= 0.3 is 0 Å². The first kappa shape index (κ1) is 22.1. The summed E-state index contributed by atoms with van der Waals surface area (Å²) < 4.78 is 5.77. The minimum Gasteiger partial charge on any atom is -0.476 e. The fourth-order valence-corrected chi connectivity index (χ4v) is 2.99. The lowest BCUT2D eigenvalue weighted by Gasteiger charge is -2.12. The van der Waals surface area contributed by atoms with Crippen LogP contribution in [0.5, 0.6) is 5.88 Å².